The molecule has 4 heteroatoms. The van der Waals surface area contributed by atoms with E-state index in [9.17, 15) is 0 Å². The molecule has 1 atom stereocenters. The van der Waals surface area contributed by atoms with Crippen LogP contribution in [0.3, 0.4) is 0 Å². The molecule has 0 bridgehead atoms. The van der Waals surface area contributed by atoms with Crippen molar-refractivity contribution in [3.8, 4) is 5.75 Å². The summed E-state index contributed by atoms with van der Waals surface area (Å²) in [6.45, 7) is 5.51. The molecule has 1 saturated heterocycles. The van der Waals surface area contributed by atoms with Gasteiger partial charge < -0.3 is 15.0 Å². The molecule has 0 radical (unpaired) electrons. The molecular formula is C16H25N3O. The van der Waals surface area contributed by atoms with Crippen LogP contribution in [0.25, 0.3) is 0 Å². The fourth-order valence-electron chi connectivity index (χ4n) is 3.10. The molecule has 0 spiro atoms. The van der Waals surface area contributed by atoms with Gasteiger partial charge in [-0.2, -0.15) is 0 Å². The second-order valence-electron chi connectivity index (χ2n) is 6.09. The second kappa shape index (κ2) is 6.00. The molecule has 1 aliphatic heterocycles. The lowest BCUT2D eigenvalue weighted by molar-refractivity contribution is 0.372. The van der Waals surface area contributed by atoms with Gasteiger partial charge in [0.15, 0.2) is 5.75 Å². The van der Waals surface area contributed by atoms with Gasteiger partial charge in [-0.3, -0.25) is 4.98 Å². The predicted octanol–water partition coefficient (Wildman–Crippen LogP) is 2.37. The number of piperidine rings is 1. The third kappa shape index (κ3) is 3.06. The van der Waals surface area contributed by atoms with E-state index in [1.54, 1.807) is 7.11 Å². The molecule has 3 rings (SSSR count). The van der Waals surface area contributed by atoms with Gasteiger partial charge in [0.25, 0.3) is 0 Å². The number of methoxy groups -OCH3 is 1. The summed E-state index contributed by atoms with van der Waals surface area (Å²) in [5, 5.41) is 3.52. The first kappa shape index (κ1) is 13.7. The molecular weight excluding hydrogens is 250 g/mol. The van der Waals surface area contributed by atoms with Crippen LogP contribution in [0.1, 0.15) is 31.4 Å². The van der Waals surface area contributed by atoms with Crippen LogP contribution in [0.4, 0.5) is 5.69 Å². The first-order chi connectivity index (χ1) is 9.78. The second-order valence-corrected chi connectivity index (χ2v) is 6.09. The molecule has 1 saturated carbocycles. The summed E-state index contributed by atoms with van der Waals surface area (Å²) in [5.74, 6) is 1.66. The molecule has 1 aliphatic carbocycles. The third-order valence-electron chi connectivity index (χ3n) is 4.35. The maximum Gasteiger partial charge on any atom is 0.160 e. The predicted molar refractivity (Wildman–Crippen MR) is 81.5 cm³/mol. The van der Waals surface area contributed by atoms with Crippen LogP contribution < -0.4 is 15.0 Å². The fourth-order valence-corrected chi connectivity index (χ4v) is 3.10. The van der Waals surface area contributed by atoms with Gasteiger partial charge in [0.05, 0.1) is 19.0 Å². The zero-order chi connectivity index (χ0) is 13.9. The number of rotatable bonds is 5. The highest BCUT2D eigenvalue weighted by molar-refractivity contribution is 5.59. The number of nitrogens with zero attached hydrogens (tertiary/aromatic N) is 2. The fraction of sp³-hybridized carbons (Fsp3) is 0.688. The average Bonchev–Trinajstić information content (AvgIpc) is 3.30. The van der Waals surface area contributed by atoms with E-state index in [0.29, 0.717) is 6.04 Å². The summed E-state index contributed by atoms with van der Waals surface area (Å²) in [6.07, 6.45) is 7.12. The van der Waals surface area contributed by atoms with Crippen molar-refractivity contribution < 1.29 is 4.74 Å². The minimum Gasteiger partial charge on any atom is -0.493 e. The van der Waals surface area contributed by atoms with E-state index in [-0.39, 0.29) is 0 Å². The van der Waals surface area contributed by atoms with E-state index in [4.69, 9.17) is 4.74 Å². The lowest BCUT2D eigenvalue weighted by Gasteiger charge is -2.32. The molecule has 2 heterocycles. The molecule has 1 aromatic heterocycles. The quantitative estimate of drug-likeness (QED) is 0.895. The number of aryl methyl sites for hydroxylation is 1. The zero-order valence-corrected chi connectivity index (χ0v) is 12.6. The Morgan fingerprint density at radius 2 is 2.25 bits per heavy atom. The van der Waals surface area contributed by atoms with Crippen LogP contribution in [0, 0.1) is 12.8 Å². The minimum absolute atomic E-state index is 0.702. The first-order valence-electron chi connectivity index (χ1n) is 7.76. The normalized spacial score (nSPS) is 22.6. The monoisotopic (exact) mass is 275 g/mol. The largest absolute Gasteiger partial charge is 0.493 e. The molecule has 1 unspecified atom stereocenters. The van der Waals surface area contributed by atoms with Crippen molar-refractivity contribution in [1.82, 2.24) is 10.3 Å². The van der Waals surface area contributed by atoms with Crippen molar-refractivity contribution >= 4 is 5.69 Å². The molecule has 2 aliphatic rings. The maximum atomic E-state index is 5.53. The number of ether oxygens (including phenoxy) is 1. The van der Waals surface area contributed by atoms with Crippen LogP contribution in [-0.4, -0.2) is 37.8 Å². The van der Waals surface area contributed by atoms with E-state index >= 15 is 0 Å². The van der Waals surface area contributed by atoms with Crippen molar-refractivity contribution in [3.05, 3.63) is 18.0 Å². The van der Waals surface area contributed by atoms with Crippen molar-refractivity contribution in [2.45, 2.75) is 38.6 Å². The summed E-state index contributed by atoms with van der Waals surface area (Å²) in [5.41, 5.74) is 2.29. The van der Waals surface area contributed by atoms with Gasteiger partial charge in [-0.05, 0) is 57.7 Å². The van der Waals surface area contributed by atoms with E-state index in [1.807, 2.05) is 6.20 Å². The SMILES string of the molecule is COc1cnc(C)cc1N(CC1CCCNC1)C1CC1. The molecule has 0 aromatic carbocycles. The van der Waals surface area contributed by atoms with Gasteiger partial charge in [-0.25, -0.2) is 0 Å². The summed E-state index contributed by atoms with van der Waals surface area (Å²) in [7, 11) is 1.74. The van der Waals surface area contributed by atoms with Crippen molar-refractivity contribution in [3.63, 3.8) is 0 Å². The molecule has 0 amide bonds. The van der Waals surface area contributed by atoms with Crippen LogP contribution >= 0.6 is 0 Å². The zero-order valence-electron chi connectivity index (χ0n) is 12.6. The standard InChI is InChI=1S/C16H25N3O/c1-12-8-15(16(20-2)10-18-12)19(14-5-6-14)11-13-4-3-7-17-9-13/h8,10,13-14,17H,3-7,9,11H2,1-2H3. The first-order valence-corrected chi connectivity index (χ1v) is 7.76. The lowest BCUT2D eigenvalue weighted by atomic mass is 9.98. The van der Waals surface area contributed by atoms with Gasteiger partial charge in [0.1, 0.15) is 0 Å². The van der Waals surface area contributed by atoms with Crippen molar-refractivity contribution in [2.75, 3.05) is 31.6 Å². The Balaban J connectivity index is 1.80. The molecule has 1 aromatic rings. The molecule has 1 N–H and O–H groups in total. The van der Waals surface area contributed by atoms with Gasteiger partial charge in [0, 0.05) is 18.3 Å². The highest BCUT2D eigenvalue weighted by atomic mass is 16.5. The summed E-state index contributed by atoms with van der Waals surface area (Å²) in [6, 6.07) is 2.88. The number of hydrogen-bond donors (Lipinski definition) is 1. The Hall–Kier alpha value is -1.29. The summed E-state index contributed by atoms with van der Waals surface area (Å²) < 4.78 is 5.53. The number of anilines is 1. The van der Waals surface area contributed by atoms with E-state index in [1.165, 1.54) is 37.9 Å². The average molecular weight is 275 g/mol. The van der Waals surface area contributed by atoms with Crippen LogP contribution in [0.5, 0.6) is 5.75 Å². The Bertz CT molecular complexity index is 453. The Morgan fingerprint density at radius 1 is 1.40 bits per heavy atom. The highest BCUT2D eigenvalue weighted by Gasteiger charge is 2.32. The van der Waals surface area contributed by atoms with Crippen LogP contribution in [0.2, 0.25) is 0 Å². The number of aromatic nitrogens is 1. The minimum atomic E-state index is 0.702. The topological polar surface area (TPSA) is 37.4 Å². The van der Waals surface area contributed by atoms with E-state index in [0.717, 1.165) is 30.5 Å². The molecule has 4 nitrogen and oxygen atoms in total. The third-order valence-corrected chi connectivity index (χ3v) is 4.35. The van der Waals surface area contributed by atoms with E-state index in [2.05, 4.69) is 28.2 Å². The van der Waals surface area contributed by atoms with Gasteiger partial charge in [0.2, 0.25) is 0 Å². The molecule has 20 heavy (non-hydrogen) atoms. The van der Waals surface area contributed by atoms with E-state index < -0.39 is 0 Å². The Morgan fingerprint density at radius 3 is 2.90 bits per heavy atom. The van der Waals surface area contributed by atoms with Gasteiger partial charge in [-0.1, -0.05) is 0 Å². The number of nitrogens with one attached hydrogen (secondary N) is 1. The Kier molecular flexibility index (Phi) is 4.10. The lowest BCUT2D eigenvalue weighted by Crippen LogP contribution is -2.39. The summed E-state index contributed by atoms with van der Waals surface area (Å²) >= 11 is 0. The number of pyridine rings is 1. The Labute approximate surface area is 121 Å². The maximum absolute atomic E-state index is 5.53. The summed E-state index contributed by atoms with van der Waals surface area (Å²) in [4.78, 5) is 6.92. The van der Waals surface area contributed by atoms with Crippen LogP contribution in [-0.2, 0) is 0 Å². The molecule has 110 valence electrons. The number of hydrogen-bond acceptors (Lipinski definition) is 4. The van der Waals surface area contributed by atoms with Crippen molar-refractivity contribution in [1.29, 1.82) is 0 Å². The van der Waals surface area contributed by atoms with Gasteiger partial charge in [-0.15, -0.1) is 0 Å². The molecule has 2 fully saturated rings. The van der Waals surface area contributed by atoms with Crippen LogP contribution in [0.15, 0.2) is 12.3 Å². The van der Waals surface area contributed by atoms with Gasteiger partial charge >= 0.3 is 0 Å². The van der Waals surface area contributed by atoms with Crippen molar-refractivity contribution in [2.24, 2.45) is 5.92 Å². The highest BCUT2D eigenvalue weighted by Crippen LogP contribution is 2.38. The smallest absolute Gasteiger partial charge is 0.160 e.